The number of urea groups is 1. The number of anilines is 2. The second kappa shape index (κ2) is 14.3. The van der Waals surface area contributed by atoms with Gasteiger partial charge in [0.05, 0.1) is 18.8 Å². The summed E-state index contributed by atoms with van der Waals surface area (Å²) in [5.41, 5.74) is 3.68. The number of aromatic nitrogens is 3. The minimum Gasteiger partial charge on any atom is -0.491 e. The van der Waals surface area contributed by atoms with Crippen molar-refractivity contribution in [3.8, 4) is 11.5 Å². The van der Waals surface area contributed by atoms with Crippen molar-refractivity contribution < 1.29 is 19.4 Å². The van der Waals surface area contributed by atoms with E-state index in [2.05, 4.69) is 41.5 Å². The van der Waals surface area contributed by atoms with Crippen LogP contribution >= 0.6 is 0 Å². The van der Waals surface area contributed by atoms with Crippen molar-refractivity contribution in [1.82, 2.24) is 25.2 Å². The van der Waals surface area contributed by atoms with Gasteiger partial charge in [-0.2, -0.15) is 0 Å². The third kappa shape index (κ3) is 7.65. The van der Waals surface area contributed by atoms with Crippen LogP contribution in [0.5, 0.6) is 11.5 Å². The first-order valence-corrected chi connectivity index (χ1v) is 18.0. The van der Waals surface area contributed by atoms with Gasteiger partial charge in [0.25, 0.3) is 0 Å². The SMILES string of the molecule is CC(C)(C)C(=N)/C=C(/NC(=O)N[C@H]1CCC(Oc2ccc3nnc(N4CCCCC45CC5)n3c2)c2ccccc21)Nc1cccc(OCCO)c1. The molecule has 4 aromatic rings. The number of hydrogen-bond acceptors (Lipinski definition) is 9. The van der Waals surface area contributed by atoms with E-state index in [1.165, 1.54) is 32.1 Å². The molecule has 2 aromatic carbocycles. The number of nitrogens with one attached hydrogen (secondary N) is 4. The van der Waals surface area contributed by atoms with Crippen molar-refractivity contribution in [2.45, 2.75) is 83.4 Å². The minimum atomic E-state index is -0.429. The van der Waals surface area contributed by atoms with E-state index >= 15 is 0 Å². The van der Waals surface area contributed by atoms with Crippen LogP contribution in [0.2, 0.25) is 0 Å². The van der Waals surface area contributed by atoms with Crippen LogP contribution in [0, 0.1) is 10.8 Å². The standard InChI is InChI=1S/C39H48N8O4/c1-38(2,3)33(40)24-34(41-26-9-8-10-27(23-26)50-22-21-48)43-36(49)42-31-14-15-32(30-12-5-4-11-29(30)31)51-28-13-16-35-44-45-37(46(35)25-28)47-20-7-6-17-39(47)18-19-39/h4-5,8-13,16,23-25,31-32,40-41,48H,6-7,14-15,17-22H2,1-3H3,(H2,42,43,49)/b34-24+,40-33?/t31-,32?/m0/s1. The highest BCUT2D eigenvalue weighted by Gasteiger charge is 2.50. The zero-order valence-corrected chi connectivity index (χ0v) is 29.6. The number of amides is 2. The second-order valence-electron chi connectivity index (χ2n) is 14.8. The van der Waals surface area contributed by atoms with Gasteiger partial charge >= 0.3 is 6.03 Å². The minimum absolute atomic E-state index is 0.0936. The van der Waals surface area contributed by atoms with Crippen LogP contribution in [-0.4, -0.2) is 56.7 Å². The molecule has 1 spiro atoms. The molecule has 2 amide bonds. The highest BCUT2D eigenvalue weighted by atomic mass is 16.5. The molecule has 0 radical (unpaired) electrons. The molecule has 2 aliphatic carbocycles. The zero-order chi connectivity index (χ0) is 35.6. The second-order valence-corrected chi connectivity index (χ2v) is 14.8. The zero-order valence-electron chi connectivity index (χ0n) is 29.6. The molecule has 51 heavy (non-hydrogen) atoms. The number of benzene rings is 2. The van der Waals surface area contributed by atoms with Crippen LogP contribution in [0.15, 0.2) is 78.8 Å². The maximum atomic E-state index is 13.6. The summed E-state index contributed by atoms with van der Waals surface area (Å²) in [5, 5.41) is 36.2. The Balaban J connectivity index is 1.06. The van der Waals surface area contributed by atoms with Gasteiger partial charge in [0.2, 0.25) is 5.95 Å². The maximum Gasteiger partial charge on any atom is 0.320 e. The largest absolute Gasteiger partial charge is 0.491 e. The first-order chi connectivity index (χ1) is 24.6. The number of fused-ring (bicyclic) bond motifs is 2. The number of carbonyl (C=O) groups is 1. The van der Waals surface area contributed by atoms with Gasteiger partial charge in [-0.3, -0.25) is 9.72 Å². The van der Waals surface area contributed by atoms with Crippen LogP contribution in [0.3, 0.4) is 0 Å². The molecule has 5 N–H and O–H groups in total. The van der Waals surface area contributed by atoms with Gasteiger partial charge < -0.3 is 35.5 Å². The molecule has 2 atom stereocenters. The molecule has 1 unspecified atom stereocenters. The maximum absolute atomic E-state index is 13.6. The lowest BCUT2D eigenvalue weighted by Crippen LogP contribution is -2.42. The number of nitrogens with zero attached hydrogens (tertiary/aromatic N) is 4. The molecule has 12 heteroatoms. The van der Waals surface area contributed by atoms with Gasteiger partial charge in [0, 0.05) is 41.0 Å². The highest BCUT2D eigenvalue weighted by molar-refractivity contribution is 5.97. The Morgan fingerprint density at radius 1 is 1.02 bits per heavy atom. The van der Waals surface area contributed by atoms with E-state index in [-0.39, 0.29) is 36.9 Å². The lowest BCUT2D eigenvalue weighted by atomic mass is 9.85. The fourth-order valence-electron chi connectivity index (χ4n) is 7.14. The Morgan fingerprint density at radius 2 is 1.84 bits per heavy atom. The predicted molar refractivity (Wildman–Crippen MR) is 198 cm³/mol. The molecule has 1 saturated heterocycles. The Labute approximate surface area is 298 Å². The summed E-state index contributed by atoms with van der Waals surface area (Å²) >= 11 is 0. The van der Waals surface area contributed by atoms with E-state index < -0.39 is 5.41 Å². The molecule has 3 aliphatic rings. The lowest BCUT2D eigenvalue weighted by molar-refractivity contribution is 0.171. The normalized spacial score (nSPS) is 19.7. The Hall–Kier alpha value is -5.10. The highest BCUT2D eigenvalue weighted by Crippen LogP contribution is 2.50. The van der Waals surface area contributed by atoms with Crippen LogP contribution in [0.1, 0.15) is 89.0 Å². The van der Waals surface area contributed by atoms with Crippen molar-refractivity contribution >= 4 is 29.0 Å². The lowest BCUT2D eigenvalue weighted by Gasteiger charge is -2.36. The van der Waals surface area contributed by atoms with Crippen molar-refractivity contribution in [2.75, 3.05) is 30.0 Å². The van der Waals surface area contributed by atoms with E-state index in [9.17, 15) is 4.79 Å². The van der Waals surface area contributed by atoms with Gasteiger partial charge in [-0.1, -0.05) is 51.1 Å². The fourth-order valence-corrected chi connectivity index (χ4v) is 7.14. The summed E-state index contributed by atoms with van der Waals surface area (Å²) < 4.78 is 14.3. The molecule has 1 saturated carbocycles. The number of allylic oxidation sites excluding steroid dienone is 1. The molecule has 0 bridgehead atoms. The molecule has 268 valence electrons. The Bertz CT molecular complexity index is 1930. The molecule has 1 aliphatic heterocycles. The van der Waals surface area contributed by atoms with Crippen molar-refractivity contribution in [3.63, 3.8) is 0 Å². The first kappa shape index (κ1) is 34.4. The van der Waals surface area contributed by atoms with Crippen molar-refractivity contribution in [3.05, 3.63) is 89.9 Å². The summed E-state index contributed by atoms with van der Waals surface area (Å²) in [7, 11) is 0. The number of aliphatic hydroxyl groups excluding tert-OH is 1. The van der Waals surface area contributed by atoms with E-state index in [1.807, 2.05) is 69.4 Å². The molecule has 7 rings (SSSR count). The Morgan fingerprint density at radius 3 is 2.63 bits per heavy atom. The van der Waals surface area contributed by atoms with E-state index in [0.717, 1.165) is 35.0 Å². The monoisotopic (exact) mass is 692 g/mol. The third-order valence-electron chi connectivity index (χ3n) is 10.1. The predicted octanol–water partition coefficient (Wildman–Crippen LogP) is 6.90. The van der Waals surface area contributed by atoms with Crippen molar-refractivity contribution in [1.29, 1.82) is 5.41 Å². The van der Waals surface area contributed by atoms with Crippen LogP contribution in [-0.2, 0) is 0 Å². The molecular weight excluding hydrogens is 644 g/mol. The summed E-state index contributed by atoms with van der Waals surface area (Å²) in [6.07, 6.45) is 10.9. The number of hydrogen-bond donors (Lipinski definition) is 5. The van der Waals surface area contributed by atoms with E-state index in [1.54, 1.807) is 18.2 Å². The van der Waals surface area contributed by atoms with Gasteiger partial charge in [0.1, 0.15) is 30.0 Å². The molecule has 2 fully saturated rings. The van der Waals surface area contributed by atoms with E-state index in [0.29, 0.717) is 35.8 Å². The topological polar surface area (TPSA) is 149 Å². The quantitative estimate of drug-likeness (QED) is 0.107. The first-order valence-electron chi connectivity index (χ1n) is 18.0. The van der Waals surface area contributed by atoms with Gasteiger partial charge in [-0.25, -0.2) is 4.79 Å². The number of rotatable bonds is 11. The van der Waals surface area contributed by atoms with Gasteiger partial charge in [0.15, 0.2) is 5.65 Å². The number of piperidine rings is 1. The number of ether oxygens (including phenoxy) is 2. The summed E-state index contributed by atoms with van der Waals surface area (Å²) in [6, 6.07) is 18.6. The number of carbonyl (C=O) groups excluding carboxylic acids is 1. The van der Waals surface area contributed by atoms with E-state index in [4.69, 9.17) is 20.0 Å². The van der Waals surface area contributed by atoms with Gasteiger partial charge in [-0.15, -0.1) is 10.2 Å². The van der Waals surface area contributed by atoms with Crippen LogP contribution in [0.25, 0.3) is 5.65 Å². The van der Waals surface area contributed by atoms with Crippen molar-refractivity contribution in [2.24, 2.45) is 5.41 Å². The van der Waals surface area contributed by atoms with Crippen LogP contribution in [0.4, 0.5) is 16.4 Å². The summed E-state index contributed by atoms with van der Waals surface area (Å²) in [6.45, 7) is 6.93. The molecular formula is C39H48N8O4. The Kier molecular flexibility index (Phi) is 9.61. The molecule has 2 aromatic heterocycles. The smallest absolute Gasteiger partial charge is 0.320 e. The molecule has 3 heterocycles. The summed E-state index contributed by atoms with van der Waals surface area (Å²) in [5.74, 6) is 2.59. The fraction of sp³-hybridized carbons (Fsp3) is 0.436. The molecule has 12 nitrogen and oxygen atoms in total. The average molecular weight is 693 g/mol. The number of aliphatic hydroxyl groups is 1. The number of pyridine rings is 1. The van der Waals surface area contributed by atoms with Gasteiger partial charge in [-0.05, 0) is 80.3 Å². The average Bonchev–Trinajstić information content (AvgIpc) is 3.75. The third-order valence-corrected chi connectivity index (χ3v) is 10.1. The summed E-state index contributed by atoms with van der Waals surface area (Å²) in [4.78, 5) is 16.0. The van der Waals surface area contributed by atoms with Crippen LogP contribution < -0.4 is 30.3 Å².